The van der Waals surface area contributed by atoms with Crippen LogP contribution in [0.5, 0.6) is 0 Å². The molecule has 1 aliphatic rings. The van der Waals surface area contributed by atoms with Crippen LogP contribution < -0.4 is 0 Å². The SMILES string of the molecule is [2H]c1c([2H])c([2H])c(-c2cc(-c3ccccc3)cc3c2oc2cccc(-c4nc(-c5ccccc5)nc(-c5ccc6c(c5)C(C)(C)c5ccccc5-6)n4)c23)c([2H])c1[2H]. The van der Waals surface area contributed by atoms with E-state index < -0.39 is 18.1 Å². The lowest BCUT2D eigenvalue weighted by atomic mass is 9.82. The van der Waals surface area contributed by atoms with Gasteiger partial charge in [-0.05, 0) is 63.2 Å². The maximum absolute atomic E-state index is 8.91. The number of hydrogen-bond donors (Lipinski definition) is 0. The monoisotopic (exact) mass is 672 g/mol. The normalized spacial score (nSPS) is 14.3. The van der Waals surface area contributed by atoms with Crippen LogP contribution in [0.25, 0.3) is 89.5 Å². The molecule has 1 aliphatic carbocycles. The van der Waals surface area contributed by atoms with Gasteiger partial charge < -0.3 is 4.42 Å². The van der Waals surface area contributed by atoms with Crippen molar-refractivity contribution in [2.24, 2.45) is 0 Å². The van der Waals surface area contributed by atoms with Crippen LogP contribution in [0.4, 0.5) is 0 Å². The predicted molar refractivity (Wildman–Crippen MR) is 212 cm³/mol. The highest BCUT2D eigenvalue weighted by Crippen LogP contribution is 2.49. The maximum Gasteiger partial charge on any atom is 0.164 e. The summed E-state index contributed by atoms with van der Waals surface area (Å²) in [7, 11) is 0. The van der Waals surface area contributed by atoms with Crippen LogP contribution in [-0.2, 0) is 5.41 Å². The first-order valence-corrected chi connectivity index (χ1v) is 17.3. The molecule has 0 fully saturated rings. The summed E-state index contributed by atoms with van der Waals surface area (Å²) in [6.45, 7) is 4.51. The van der Waals surface area contributed by atoms with Gasteiger partial charge in [-0.1, -0.05) is 153 Å². The van der Waals surface area contributed by atoms with Crippen molar-refractivity contribution in [3.05, 3.63) is 175 Å². The van der Waals surface area contributed by atoms with E-state index in [0.29, 0.717) is 45.2 Å². The largest absolute Gasteiger partial charge is 0.455 e. The van der Waals surface area contributed by atoms with E-state index in [1.165, 1.54) is 22.3 Å². The molecule has 52 heavy (non-hydrogen) atoms. The molecule has 0 amide bonds. The molecule has 0 saturated heterocycles. The first-order valence-electron chi connectivity index (χ1n) is 19.8. The number of benzene rings is 7. The predicted octanol–water partition coefficient (Wildman–Crippen LogP) is 12.4. The van der Waals surface area contributed by atoms with Crippen LogP contribution >= 0.6 is 0 Å². The van der Waals surface area contributed by atoms with Gasteiger partial charge in [0.15, 0.2) is 17.5 Å². The van der Waals surface area contributed by atoms with Gasteiger partial charge in [0.25, 0.3) is 0 Å². The molecular formula is C48H33N3O. The molecule has 0 atom stereocenters. The summed E-state index contributed by atoms with van der Waals surface area (Å²) >= 11 is 0. The van der Waals surface area contributed by atoms with Crippen LogP contribution in [-0.4, -0.2) is 15.0 Å². The Bertz CT molecular complexity index is 3080. The van der Waals surface area contributed by atoms with Gasteiger partial charge in [0.1, 0.15) is 11.2 Å². The maximum atomic E-state index is 8.91. The molecule has 7 aromatic carbocycles. The second kappa shape index (κ2) is 11.7. The van der Waals surface area contributed by atoms with Crippen LogP contribution in [0.1, 0.15) is 31.8 Å². The lowest BCUT2D eigenvalue weighted by molar-refractivity contribution is 0.660. The number of aromatic nitrogens is 3. The zero-order valence-corrected chi connectivity index (χ0v) is 28.5. The summed E-state index contributed by atoms with van der Waals surface area (Å²) in [6, 6.07) is 42.4. The smallest absolute Gasteiger partial charge is 0.164 e. The molecule has 0 aliphatic heterocycles. The Morgan fingerprint density at radius 3 is 1.92 bits per heavy atom. The van der Waals surface area contributed by atoms with E-state index in [2.05, 4.69) is 56.3 Å². The van der Waals surface area contributed by atoms with E-state index in [-0.39, 0.29) is 23.1 Å². The van der Waals surface area contributed by atoms with E-state index in [0.717, 1.165) is 27.6 Å². The quantitative estimate of drug-likeness (QED) is 0.183. The average molecular weight is 673 g/mol. The Balaban J connectivity index is 1.24. The first kappa shape index (κ1) is 25.3. The summed E-state index contributed by atoms with van der Waals surface area (Å²) in [5.74, 6) is 1.50. The number of fused-ring (bicyclic) bond motifs is 6. The number of furan rings is 1. The van der Waals surface area contributed by atoms with Gasteiger partial charge in [0.2, 0.25) is 0 Å². The third-order valence-electron chi connectivity index (χ3n) is 10.2. The summed E-state index contributed by atoms with van der Waals surface area (Å²) in [5, 5.41) is 1.43. The summed E-state index contributed by atoms with van der Waals surface area (Å²) in [6.07, 6.45) is 0. The minimum atomic E-state index is -0.451. The molecule has 2 heterocycles. The molecule has 0 saturated carbocycles. The van der Waals surface area contributed by atoms with E-state index in [1.54, 1.807) is 0 Å². The summed E-state index contributed by atoms with van der Waals surface area (Å²) in [5.41, 5.74) is 10.2. The number of rotatable bonds is 5. The summed E-state index contributed by atoms with van der Waals surface area (Å²) < 4.78 is 49.7. The molecule has 246 valence electrons. The standard InChI is InChI=1S/C48H33N3O/c1-48(2)40-23-13-12-21-35(40)36-26-25-33(29-41(36)48)46-49-45(32-19-10-5-11-20-32)50-47(51-46)37-22-14-24-42-43(37)39-28-34(30-15-6-3-7-16-30)27-38(44(39)52-42)31-17-8-4-9-18-31/h3-29H,1-2H3/i4D,8D,9D,17D,18D. The first-order chi connectivity index (χ1) is 27.6. The van der Waals surface area contributed by atoms with E-state index in [9.17, 15) is 0 Å². The Morgan fingerprint density at radius 1 is 0.481 bits per heavy atom. The Hall–Kier alpha value is -6.65. The number of nitrogens with zero attached hydrogens (tertiary/aromatic N) is 3. The molecule has 2 aromatic heterocycles. The Kier molecular flexibility index (Phi) is 5.70. The number of hydrogen-bond acceptors (Lipinski definition) is 4. The highest BCUT2D eigenvalue weighted by molar-refractivity contribution is 6.16. The van der Waals surface area contributed by atoms with Gasteiger partial charge in [0.05, 0.1) is 6.85 Å². The van der Waals surface area contributed by atoms with Gasteiger partial charge in [0, 0.05) is 38.4 Å². The summed E-state index contributed by atoms with van der Waals surface area (Å²) in [4.78, 5) is 15.3. The van der Waals surface area contributed by atoms with Crippen molar-refractivity contribution < 1.29 is 11.3 Å². The van der Waals surface area contributed by atoms with Gasteiger partial charge in [-0.15, -0.1) is 0 Å². The molecule has 0 N–H and O–H groups in total. The highest BCUT2D eigenvalue weighted by atomic mass is 16.3. The molecule has 9 aromatic rings. The van der Waals surface area contributed by atoms with Gasteiger partial charge in [-0.3, -0.25) is 0 Å². The zero-order valence-electron chi connectivity index (χ0n) is 33.5. The van der Waals surface area contributed by atoms with E-state index in [4.69, 9.17) is 26.2 Å². The Morgan fingerprint density at radius 2 is 1.13 bits per heavy atom. The van der Waals surface area contributed by atoms with Crippen molar-refractivity contribution in [2.45, 2.75) is 19.3 Å². The van der Waals surface area contributed by atoms with Crippen molar-refractivity contribution in [1.29, 1.82) is 0 Å². The van der Waals surface area contributed by atoms with Crippen LogP contribution in [0, 0.1) is 0 Å². The second-order valence-corrected chi connectivity index (χ2v) is 13.7. The molecule has 4 heteroatoms. The molecule has 0 bridgehead atoms. The van der Waals surface area contributed by atoms with Gasteiger partial charge in [-0.25, -0.2) is 15.0 Å². The fourth-order valence-corrected chi connectivity index (χ4v) is 7.67. The zero-order chi connectivity index (χ0) is 39.2. The van der Waals surface area contributed by atoms with Crippen molar-refractivity contribution in [3.63, 3.8) is 0 Å². The molecule has 0 unspecified atom stereocenters. The lowest BCUT2D eigenvalue weighted by Gasteiger charge is -2.21. The van der Waals surface area contributed by atoms with Gasteiger partial charge in [-0.2, -0.15) is 0 Å². The minimum absolute atomic E-state index is 0.0693. The third kappa shape index (κ3) is 4.79. The average Bonchev–Trinajstić information content (AvgIpc) is 3.74. The highest BCUT2D eigenvalue weighted by Gasteiger charge is 2.35. The lowest BCUT2D eigenvalue weighted by Crippen LogP contribution is -2.15. The molecule has 10 rings (SSSR count). The van der Waals surface area contributed by atoms with E-state index >= 15 is 0 Å². The molecule has 0 spiro atoms. The second-order valence-electron chi connectivity index (χ2n) is 13.7. The molecule has 4 nitrogen and oxygen atoms in total. The molecule has 0 radical (unpaired) electrons. The van der Waals surface area contributed by atoms with E-state index in [1.807, 2.05) is 91.0 Å². The fourth-order valence-electron chi connectivity index (χ4n) is 7.67. The van der Waals surface area contributed by atoms with Crippen molar-refractivity contribution in [2.75, 3.05) is 0 Å². The van der Waals surface area contributed by atoms with Crippen LogP contribution in [0.2, 0.25) is 0 Å². The van der Waals surface area contributed by atoms with Crippen molar-refractivity contribution in [1.82, 2.24) is 15.0 Å². The minimum Gasteiger partial charge on any atom is -0.455 e. The Labute approximate surface area is 309 Å². The fraction of sp³-hybridized carbons (Fsp3) is 0.0625. The van der Waals surface area contributed by atoms with Crippen LogP contribution in [0.15, 0.2) is 168 Å². The van der Waals surface area contributed by atoms with Crippen molar-refractivity contribution >= 4 is 21.9 Å². The third-order valence-corrected chi connectivity index (χ3v) is 10.2. The van der Waals surface area contributed by atoms with Crippen LogP contribution in [0.3, 0.4) is 0 Å². The topological polar surface area (TPSA) is 51.8 Å². The van der Waals surface area contributed by atoms with Gasteiger partial charge >= 0.3 is 0 Å². The van der Waals surface area contributed by atoms with Crippen molar-refractivity contribution in [3.8, 4) is 67.5 Å². The molecular weight excluding hydrogens is 635 g/mol.